The van der Waals surface area contributed by atoms with E-state index in [-0.39, 0.29) is 45.8 Å². The molecule has 1 fully saturated rings. The van der Waals surface area contributed by atoms with E-state index in [0.29, 0.717) is 6.20 Å². The van der Waals surface area contributed by atoms with Crippen molar-refractivity contribution in [1.82, 2.24) is 9.88 Å². The first-order valence-electron chi connectivity index (χ1n) is 9.42. The van der Waals surface area contributed by atoms with Crippen molar-refractivity contribution in [1.29, 1.82) is 0 Å². The van der Waals surface area contributed by atoms with Crippen molar-refractivity contribution < 1.29 is 37.5 Å². The van der Waals surface area contributed by atoms with Crippen LogP contribution in [0, 0.1) is 10.1 Å². The van der Waals surface area contributed by atoms with Crippen LogP contribution in [0.5, 0.6) is 11.6 Å². The zero-order chi connectivity index (χ0) is 25.0. The highest BCUT2D eigenvalue weighted by molar-refractivity contribution is 8.26. The molecule has 1 aliphatic heterocycles. The molecule has 3 rings (SSSR count). The van der Waals surface area contributed by atoms with Gasteiger partial charge >= 0.3 is 17.8 Å². The fourth-order valence-electron chi connectivity index (χ4n) is 2.81. The smallest absolute Gasteiger partial charge is 0.417 e. The average Bonchev–Trinajstić information content (AvgIpc) is 3.01. The first-order chi connectivity index (χ1) is 16.0. The summed E-state index contributed by atoms with van der Waals surface area (Å²) in [6.07, 6.45) is -2.56. The number of nitro groups is 1. The topological polar surface area (TPSA) is 123 Å². The molecule has 1 aromatic carbocycles. The SMILES string of the molecule is O=C(O)CCCN1C(=O)C(=Cc2ccc(Oc3ccc(C(F)(F)F)cn3)c([N+](=O)[O-])c2)SC1=S. The van der Waals surface area contributed by atoms with E-state index in [1.54, 1.807) is 0 Å². The number of amides is 1. The molecule has 0 radical (unpaired) electrons. The van der Waals surface area contributed by atoms with Crippen LogP contribution in [-0.2, 0) is 15.8 Å². The lowest BCUT2D eigenvalue weighted by atomic mass is 10.1. The van der Waals surface area contributed by atoms with Crippen LogP contribution in [0.25, 0.3) is 6.08 Å². The molecule has 9 nitrogen and oxygen atoms in total. The summed E-state index contributed by atoms with van der Waals surface area (Å²) in [6.45, 7) is 0.126. The summed E-state index contributed by atoms with van der Waals surface area (Å²) in [5, 5.41) is 20.2. The summed E-state index contributed by atoms with van der Waals surface area (Å²) in [5.41, 5.74) is -1.21. The van der Waals surface area contributed by atoms with Gasteiger partial charge in [0.15, 0.2) is 0 Å². The fraction of sp³-hybridized carbons (Fsp3) is 0.200. The number of carbonyl (C=O) groups is 2. The number of rotatable bonds is 8. The van der Waals surface area contributed by atoms with Gasteiger partial charge in [-0.1, -0.05) is 30.0 Å². The van der Waals surface area contributed by atoms with Gasteiger partial charge in [-0.25, -0.2) is 4.98 Å². The maximum absolute atomic E-state index is 12.7. The number of aliphatic carboxylic acids is 1. The summed E-state index contributed by atoms with van der Waals surface area (Å²) in [5.74, 6) is -1.97. The van der Waals surface area contributed by atoms with E-state index in [2.05, 4.69) is 4.98 Å². The third-order valence-electron chi connectivity index (χ3n) is 4.40. The highest BCUT2D eigenvalue weighted by Crippen LogP contribution is 2.36. The number of pyridine rings is 1. The minimum absolute atomic E-state index is 0.126. The van der Waals surface area contributed by atoms with Crippen LogP contribution in [0.2, 0.25) is 0 Å². The predicted octanol–water partition coefficient (Wildman–Crippen LogP) is 4.87. The highest BCUT2D eigenvalue weighted by Gasteiger charge is 2.32. The number of nitrogens with zero attached hydrogens (tertiary/aromatic N) is 3. The highest BCUT2D eigenvalue weighted by atomic mass is 32.2. The third-order valence-corrected chi connectivity index (χ3v) is 5.78. The second-order valence-corrected chi connectivity index (χ2v) is 8.48. The van der Waals surface area contributed by atoms with E-state index in [1.165, 1.54) is 23.1 Å². The van der Waals surface area contributed by atoms with Crippen molar-refractivity contribution in [3.8, 4) is 11.6 Å². The molecule has 1 aliphatic rings. The van der Waals surface area contributed by atoms with Crippen molar-refractivity contribution in [2.45, 2.75) is 19.0 Å². The Kier molecular flexibility index (Phi) is 7.51. The first-order valence-corrected chi connectivity index (χ1v) is 10.6. The normalized spacial score (nSPS) is 15.1. The lowest BCUT2D eigenvalue weighted by Gasteiger charge is -2.13. The van der Waals surface area contributed by atoms with Crippen molar-refractivity contribution in [3.63, 3.8) is 0 Å². The monoisotopic (exact) mass is 513 g/mol. The van der Waals surface area contributed by atoms with Crippen molar-refractivity contribution in [2.75, 3.05) is 6.54 Å². The Labute approximate surface area is 199 Å². The number of halogens is 3. The van der Waals surface area contributed by atoms with Crippen molar-refractivity contribution in [2.24, 2.45) is 0 Å². The Morgan fingerprint density at radius 3 is 2.65 bits per heavy atom. The molecular weight excluding hydrogens is 499 g/mol. The molecule has 178 valence electrons. The van der Waals surface area contributed by atoms with Crippen LogP contribution in [0.3, 0.4) is 0 Å². The number of nitro benzene ring substituents is 1. The van der Waals surface area contributed by atoms with Gasteiger partial charge in [0, 0.05) is 31.3 Å². The molecule has 0 spiro atoms. The number of carboxylic acid groups (broad SMARTS) is 1. The molecule has 0 unspecified atom stereocenters. The number of hydrogen-bond acceptors (Lipinski definition) is 8. The predicted molar refractivity (Wildman–Crippen MR) is 119 cm³/mol. The standard InChI is InChI=1S/C20H14F3N3O6S2/c21-20(22,23)12-4-6-16(24-10-12)32-14-5-3-11(8-13(14)26(30)31)9-15-18(29)25(19(33)34-15)7-1-2-17(27)28/h3-6,8-10H,1-2,7H2,(H,27,28). The maximum Gasteiger partial charge on any atom is 0.417 e. The van der Waals surface area contributed by atoms with Crippen molar-refractivity contribution in [3.05, 3.63) is 62.7 Å². The van der Waals surface area contributed by atoms with Crippen LogP contribution in [0.4, 0.5) is 18.9 Å². The minimum atomic E-state index is -4.59. The Hall–Kier alpha value is -3.52. The van der Waals surface area contributed by atoms with Gasteiger partial charge in [-0.15, -0.1) is 0 Å². The van der Waals surface area contributed by atoms with Crippen LogP contribution in [0.1, 0.15) is 24.0 Å². The van der Waals surface area contributed by atoms with Gasteiger partial charge in [0.05, 0.1) is 15.4 Å². The number of benzene rings is 1. The number of alkyl halides is 3. The van der Waals surface area contributed by atoms with Gasteiger partial charge in [-0.05, 0) is 30.2 Å². The molecule has 2 heterocycles. The summed E-state index contributed by atoms with van der Waals surface area (Å²) in [4.78, 5) is 39.0. The molecular formula is C20H14F3N3O6S2. The van der Waals surface area contributed by atoms with Gasteiger partial charge < -0.3 is 9.84 Å². The second-order valence-electron chi connectivity index (χ2n) is 6.80. The molecule has 2 aromatic rings. The Bertz CT molecular complexity index is 1190. The summed E-state index contributed by atoms with van der Waals surface area (Å²) >= 11 is 6.14. The number of aromatic nitrogens is 1. The summed E-state index contributed by atoms with van der Waals surface area (Å²) in [6, 6.07) is 5.47. The Balaban J connectivity index is 1.80. The van der Waals surface area contributed by atoms with E-state index in [0.717, 1.165) is 30.0 Å². The average molecular weight is 513 g/mol. The molecule has 1 aromatic heterocycles. The lowest BCUT2D eigenvalue weighted by molar-refractivity contribution is -0.385. The lowest BCUT2D eigenvalue weighted by Crippen LogP contribution is -2.29. The number of carbonyl (C=O) groups excluding carboxylic acids is 1. The quantitative estimate of drug-likeness (QED) is 0.228. The van der Waals surface area contributed by atoms with Crippen LogP contribution in [0.15, 0.2) is 41.4 Å². The number of thiocarbonyl (C=S) groups is 1. The summed E-state index contributed by atoms with van der Waals surface area (Å²) in [7, 11) is 0. The van der Waals surface area contributed by atoms with Crippen LogP contribution >= 0.6 is 24.0 Å². The largest absolute Gasteiger partial charge is 0.481 e. The van der Waals surface area contributed by atoms with E-state index in [9.17, 15) is 32.9 Å². The molecule has 0 aliphatic carbocycles. The Morgan fingerprint density at radius 2 is 2.06 bits per heavy atom. The van der Waals surface area contributed by atoms with E-state index in [4.69, 9.17) is 22.1 Å². The number of thioether (sulfide) groups is 1. The number of carboxylic acids is 1. The third kappa shape index (κ3) is 6.08. The molecule has 34 heavy (non-hydrogen) atoms. The van der Waals surface area contributed by atoms with E-state index in [1.807, 2.05) is 0 Å². The van der Waals surface area contributed by atoms with Gasteiger partial charge in [-0.2, -0.15) is 13.2 Å². The van der Waals surface area contributed by atoms with E-state index < -0.39 is 34.2 Å². The summed E-state index contributed by atoms with van der Waals surface area (Å²) < 4.78 is 43.5. The second kappa shape index (κ2) is 10.2. The Morgan fingerprint density at radius 1 is 1.32 bits per heavy atom. The molecule has 0 bridgehead atoms. The van der Waals surface area contributed by atoms with Gasteiger partial charge in [-0.3, -0.25) is 24.6 Å². The minimum Gasteiger partial charge on any atom is -0.481 e. The number of ether oxygens (including phenoxy) is 1. The molecule has 0 atom stereocenters. The van der Waals surface area contributed by atoms with Crippen LogP contribution in [-0.4, -0.2) is 42.7 Å². The molecule has 1 N–H and O–H groups in total. The zero-order valence-electron chi connectivity index (χ0n) is 16.9. The van der Waals surface area contributed by atoms with Gasteiger partial charge in [0.2, 0.25) is 11.6 Å². The van der Waals surface area contributed by atoms with Crippen molar-refractivity contribution >= 4 is 51.9 Å². The fourth-order valence-corrected chi connectivity index (χ4v) is 4.12. The van der Waals surface area contributed by atoms with Gasteiger partial charge in [0.1, 0.15) is 4.32 Å². The zero-order valence-corrected chi connectivity index (χ0v) is 18.6. The number of hydrogen-bond donors (Lipinski definition) is 1. The van der Waals surface area contributed by atoms with Gasteiger partial charge in [0.25, 0.3) is 5.91 Å². The maximum atomic E-state index is 12.7. The molecule has 14 heteroatoms. The first kappa shape index (κ1) is 25.1. The van der Waals surface area contributed by atoms with E-state index >= 15 is 0 Å². The van der Waals surface area contributed by atoms with Crippen LogP contribution < -0.4 is 4.74 Å². The molecule has 1 saturated heterocycles. The molecule has 0 saturated carbocycles. The molecule has 1 amide bonds.